The van der Waals surface area contributed by atoms with E-state index in [1.807, 2.05) is 43.3 Å². The number of likely N-dealkylation sites (N-methyl/N-ethyl adjacent to an activating group) is 2. The summed E-state index contributed by atoms with van der Waals surface area (Å²) in [5.41, 5.74) is 2.03. The van der Waals surface area contributed by atoms with E-state index in [4.69, 9.17) is 9.47 Å². The number of hydrogen-bond acceptors (Lipinski definition) is 6. The lowest BCUT2D eigenvalue weighted by molar-refractivity contribution is -0.130. The van der Waals surface area contributed by atoms with Crippen LogP contribution in [0, 0.1) is 0 Å². The van der Waals surface area contributed by atoms with Gasteiger partial charge in [-0.25, -0.2) is 8.42 Å². The Balaban J connectivity index is 1.65. The lowest BCUT2D eigenvalue weighted by Gasteiger charge is -2.23. The molecule has 0 unspecified atom stereocenters. The molecule has 1 aliphatic heterocycles. The lowest BCUT2D eigenvalue weighted by atomic mass is 10.2. The second kappa shape index (κ2) is 8.93. The zero-order valence-corrected chi connectivity index (χ0v) is 18.5. The molecule has 0 bridgehead atoms. The summed E-state index contributed by atoms with van der Waals surface area (Å²) in [5, 5.41) is 0. The Kier molecular flexibility index (Phi) is 6.52. The van der Waals surface area contributed by atoms with E-state index in [1.165, 1.54) is 24.1 Å². The number of amides is 1. The van der Waals surface area contributed by atoms with E-state index in [9.17, 15) is 13.2 Å². The topological polar surface area (TPSA) is 79.4 Å². The molecule has 3 rings (SSSR count). The lowest BCUT2D eigenvalue weighted by Crippen LogP contribution is -2.39. The maximum atomic E-state index is 12.9. The molecule has 0 saturated heterocycles. The molecule has 8 nitrogen and oxygen atoms in total. The fourth-order valence-corrected chi connectivity index (χ4v) is 4.16. The number of sulfonamides is 1. The molecule has 2 aromatic carbocycles. The first-order chi connectivity index (χ1) is 14.2. The fraction of sp³-hybridized carbons (Fsp3) is 0.381. The van der Waals surface area contributed by atoms with Crippen LogP contribution in [0.1, 0.15) is 5.56 Å². The maximum absolute atomic E-state index is 12.9. The van der Waals surface area contributed by atoms with E-state index < -0.39 is 10.0 Å². The third-order valence-electron chi connectivity index (χ3n) is 4.88. The fourth-order valence-electron chi connectivity index (χ4n) is 3.02. The zero-order valence-electron chi connectivity index (χ0n) is 17.7. The number of hydrogen-bond donors (Lipinski definition) is 0. The molecule has 0 radical (unpaired) electrons. The number of benzene rings is 2. The summed E-state index contributed by atoms with van der Waals surface area (Å²) in [6, 6.07) is 12.3. The summed E-state index contributed by atoms with van der Waals surface area (Å²) in [5.74, 6) is 0.606. The van der Waals surface area contributed by atoms with Crippen molar-refractivity contribution in [2.75, 3.05) is 52.8 Å². The van der Waals surface area contributed by atoms with Crippen LogP contribution in [0.4, 0.5) is 5.69 Å². The van der Waals surface area contributed by atoms with E-state index >= 15 is 0 Å². The molecule has 162 valence electrons. The Morgan fingerprint density at radius 2 is 1.57 bits per heavy atom. The van der Waals surface area contributed by atoms with Crippen molar-refractivity contribution in [2.24, 2.45) is 0 Å². The number of anilines is 1. The summed E-state index contributed by atoms with van der Waals surface area (Å²) in [6.07, 6.45) is 0. The Morgan fingerprint density at radius 1 is 0.933 bits per heavy atom. The molecule has 2 aromatic rings. The molecular weight excluding hydrogens is 406 g/mol. The van der Waals surface area contributed by atoms with Crippen LogP contribution in [-0.4, -0.2) is 71.5 Å². The van der Waals surface area contributed by atoms with Gasteiger partial charge in [-0.1, -0.05) is 12.1 Å². The predicted octanol–water partition coefficient (Wildman–Crippen LogP) is 1.80. The summed E-state index contributed by atoms with van der Waals surface area (Å²) in [7, 11) is 3.13. The van der Waals surface area contributed by atoms with E-state index in [1.54, 1.807) is 13.1 Å². The third kappa shape index (κ3) is 4.85. The first-order valence-electron chi connectivity index (χ1n) is 9.54. The molecule has 9 heteroatoms. The van der Waals surface area contributed by atoms with Crippen LogP contribution in [0.2, 0.25) is 0 Å². The first-order valence-corrected chi connectivity index (χ1v) is 11.0. The molecule has 0 aromatic heterocycles. The monoisotopic (exact) mass is 433 g/mol. The number of rotatable bonds is 7. The highest BCUT2D eigenvalue weighted by Gasteiger charge is 2.26. The summed E-state index contributed by atoms with van der Waals surface area (Å²) < 4.78 is 37.7. The van der Waals surface area contributed by atoms with Crippen molar-refractivity contribution < 1.29 is 22.7 Å². The molecule has 0 fully saturated rings. The first kappa shape index (κ1) is 21.9. The van der Waals surface area contributed by atoms with Gasteiger partial charge in [0.2, 0.25) is 15.9 Å². The van der Waals surface area contributed by atoms with Gasteiger partial charge in [0, 0.05) is 46.5 Å². The van der Waals surface area contributed by atoms with Crippen LogP contribution >= 0.6 is 0 Å². The highest BCUT2D eigenvalue weighted by molar-refractivity contribution is 7.89. The number of fused-ring (bicyclic) bond motifs is 1. The molecule has 1 aliphatic rings. The van der Waals surface area contributed by atoms with Crippen molar-refractivity contribution in [1.29, 1.82) is 0 Å². The molecule has 0 N–H and O–H groups in total. The van der Waals surface area contributed by atoms with Gasteiger partial charge in [0.15, 0.2) is 11.5 Å². The highest BCUT2D eigenvalue weighted by Crippen LogP contribution is 2.32. The normalized spacial score (nSPS) is 13.2. The van der Waals surface area contributed by atoms with Gasteiger partial charge in [-0.3, -0.25) is 4.79 Å². The van der Waals surface area contributed by atoms with Gasteiger partial charge in [-0.05, 0) is 29.8 Å². The number of ether oxygens (including phenoxy) is 2. The molecule has 0 saturated carbocycles. The van der Waals surface area contributed by atoms with Gasteiger partial charge in [0.25, 0.3) is 0 Å². The number of carbonyl (C=O) groups excluding carboxylic acids is 1. The SMILES string of the molecule is CN(Cc1ccc(N(C)C)cc1)C(=O)CN(C)S(=O)(=O)c1ccc2c(c1)OCCO2. The van der Waals surface area contributed by atoms with Crippen molar-refractivity contribution in [1.82, 2.24) is 9.21 Å². The van der Waals surface area contributed by atoms with Crippen LogP contribution in [0.15, 0.2) is 47.4 Å². The van der Waals surface area contributed by atoms with Crippen LogP contribution in [-0.2, 0) is 21.4 Å². The Morgan fingerprint density at radius 3 is 2.20 bits per heavy atom. The molecule has 0 spiro atoms. The molecule has 1 amide bonds. The van der Waals surface area contributed by atoms with Gasteiger partial charge < -0.3 is 19.3 Å². The van der Waals surface area contributed by atoms with Gasteiger partial charge in [-0.15, -0.1) is 0 Å². The maximum Gasteiger partial charge on any atom is 0.243 e. The van der Waals surface area contributed by atoms with Gasteiger partial charge >= 0.3 is 0 Å². The Hall–Kier alpha value is -2.78. The average molecular weight is 434 g/mol. The zero-order chi connectivity index (χ0) is 21.9. The van der Waals surface area contributed by atoms with Crippen molar-refractivity contribution in [3.8, 4) is 11.5 Å². The highest BCUT2D eigenvalue weighted by atomic mass is 32.2. The van der Waals surface area contributed by atoms with E-state index in [-0.39, 0.29) is 17.3 Å². The average Bonchev–Trinajstić information content (AvgIpc) is 2.73. The minimum Gasteiger partial charge on any atom is -0.486 e. The molecule has 0 atom stereocenters. The van der Waals surface area contributed by atoms with Crippen molar-refractivity contribution in [3.05, 3.63) is 48.0 Å². The third-order valence-corrected chi connectivity index (χ3v) is 6.68. The summed E-state index contributed by atoms with van der Waals surface area (Å²) in [4.78, 5) is 16.2. The minimum absolute atomic E-state index is 0.0592. The Labute approximate surface area is 177 Å². The van der Waals surface area contributed by atoms with Crippen LogP contribution < -0.4 is 14.4 Å². The number of carbonyl (C=O) groups is 1. The van der Waals surface area contributed by atoms with Crippen LogP contribution in [0.3, 0.4) is 0 Å². The van der Waals surface area contributed by atoms with Gasteiger partial charge in [0.05, 0.1) is 11.4 Å². The second-order valence-corrected chi connectivity index (χ2v) is 9.42. The summed E-state index contributed by atoms with van der Waals surface area (Å²) in [6.45, 7) is 0.927. The number of nitrogens with zero attached hydrogens (tertiary/aromatic N) is 3. The van der Waals surface area contributed by atoms with Crippen LogP contribution in [0.25, 0.3) is 0 Å². The largest absolute Gasteiger partial charge is 0.486 e. The molecule has 30 heavy (non-hydrogen) atoms. The van der Waals surface area contributed by atoms with E-state index in [2.05, 4.69) is 0 Å². The second-order valence-electron chi connectivity index (χ2n) is 7.38. The quantitative estimate of drug-likeness (QED) is 0.663. The van der Waals surface area contributed by atoms with Crippen molar-refractivity contribution in [3.63, 3.8) is 0 Å². The van der Waals surface area contributed by atoms with Crippen molar-refractivity contribution in [2.45, 2.75) is 11.4 Å². The molecule has 1 heterocycles. The molecule has 0 aliphatic carbocycles. The van der Waals surface area contributed by atoms with E-state index in [0.29, 0.717) is 31.3 Å². The minimum atomic E-state index is -3.84. The summed E-state index contributed by atoms with van der Waals surface area (Å²) >= 11 is 0. The standard InChI is InChI=1S/C21H27N3O5S/c1-22(2)17-7-5-16(6-8-17)14-23(3)21(25)15-24(4)30(26,27)18-9-10-19-20(13-18)29-12-11-28-19/h5-10,13H,11-12,14-15H2,1-4H3. The predicted molar refractivity (Wildman–Crippen MR) is 114 cm³/mol. The molecular formula is C21H27N3O5S. The van der Waals surface area contributed by atoms with Crippen LogP contribution in [0.5, 0.6) is 11.5 Å². The van der Waals surface area contributed by atoms with Gasteiger partial charge in [-0.2, -0.15) is 4.31 Å². The van der Waals surface area contributed by atoms with E-state index in [0.717, 1.165) is 15.6 Å². The Bertz CT molecular complexity index is 1010. The van der Waals surface area contributed by atoms with Crippen molar-refractivity contribution >= 4 is 21.6 Å². The smallest absolute Gasteiger partial charge is 0.243 e. The van der Waals surface area contributed by atoms with Gasteiger partial charge in [0.1, 0.15) is 13.2 Å².